The van der Waals surface area contributed by atoms with Crippen LogP contribution in [-0.2, 0) is 9.47 Å². The summed E-state index contributed by atoms with van der Waals surface area (Å²) in [5.74, 6) is -1.93. The number of ketones is 1. The molecule has 9 heteroatoms. The number of ether oxygens (including phenoxy) is 2. The number of aromatic amines is 2. The van der Waals surface area contributed by atoms with E-state index < -0.39 is 29.4 Å². The first-order valence-corrected chi connectivity index (χ1v) is 8.76. The van der Waals surface area contributed by atoms with Crippen molar-refractivity contribution < 1.29 is 23.9 Å². The zero-order valence-corrected chi connectivity index (χ0v) is 16.3. The molecular formula is C20H19N3O6. The van der Waals surface area contributed by atoms with Gasteiger partial charge in [0.25, 0.3) is 5.56 Å². The van der Waals surface area contributed by atoms with Gasteiger partial charge in [-0.1, -0.05) is 18.2 Å². The largest absolute Gasteiger partial charge is 0.465 e. The molecule has 2 heterocycles. The third-order valence-electron chi connectivity index (χ3n) is 4.62. The number of nitrogens with one attached hydrogen (secondary N) is 2. The van der Waals surface area contributed by atoms with Crippen molar-refractivity contribution in [1.29, 1.82) is 0 Å². The number of carbonyl (C=O) groups excluding carboxylic acids is 3. The van der Waals surface area contributed by atoms with E-state index in [0.29, 0.717) is 16.6 Å². The van der Waals surface area contributed by atoms with Crippen LogP contribution in [-0.4, -0.2) is 46.1 Å². The van der Waals surface area contributed by atoms with E-state index in [0.717, 1.165) is 0 Å². The van der Waals surface area contributed by atoms with Gasteiger partial charge in [-0.25, -0.2) is 14.7 Å². The van der Waals surface area contributed by atoms with Gasteiger partial charge in [-0.05, 0) is 32.4 Å². The normalized spacial score (nSPS) is 11.9. The van der Waals surface area contributed by atoms with Crippen LogP contribution in [0.4, 0.5) is 0 Å². The lowest BCUT2D eigenvalue weighted by Crippen LogP contribution is -2.26. The lowest BCUT2D eigenvalue weighted by Gasteiger charge is -2.12. The highest BCUT2D eigenvalue weighted by Gasteiger charge is 2.28. The molecule has 1 atom stereocenters. The third-order valence-corrected chi connectivity index (χ3v) is 4.62. The topological polar surface area (TPSA) is 131 Å². The Morgan fingerprint density at radius 1 is 1.07 bits per heavy atom. The zero-order chi connectivity index (χ0) is 21.3. The highest BCUT2D eigenvalue weighted by Crippen LogP contribution is 2.21. The summed E-state index contributed by atoms with van der Waals surface area (Å²) >= 11 is 0. The molecule has 0 fully saturated rings. The Morgan fingerprint density at radius 2 is 1.72 bits per heavy atom. The van der Waals surface area contributed by atoms with Crippen molar-refractivity contribution in [3.63, 3.8) is 0 Å². The monoisotopic (exact) mass is 397 g/mol. The molecular weight excluding hydrogens is 378 g/mol. The van der Waals surface area contributed by atoms with E-state index >= 15 is 0 Å². The highest BCUT2D eigenvalue weighted by molar-refractivity contribution is 6.06. The minimum absolute atomic E-state index is 0.102. The predicted molar refractivity (Wildman–Crippen MR) is 103 cm³/mol. The molecule has 9 nitrogen and oxygen atoms in total. The summed E-state index contributed by atoms with van der Waals surface area (Å²) < 4.78 is 10.0. The van der Waals surface area contributed by atoms with E-state index in [1.54, 1.807) is 38.1 Å². The summed E-state index contributed by atoms with van der Waals surface area (Å²) in [7, 11) is 1.25. The summed E-state index contributed by atoms with van der Waals surface area (Å²) in [5.41, 5.74) is 0.771. The summed E-state index contributed by atoms with van der Waals surface area (Å²) in [6.07, 6.45) is -1.16. The number of carbonyl (C=O) groups is 3. The number of esters is 2. The first-order valence-electron chi connectivity index (χ1n) is 8.76. The average molecular weight is 397 g/mol. The minimum Gasteiger partial charge on any atom is -0.465 e. The number of fused-ring (bicyclic) bond motifs is 1. The second-order valence-electron chi connectivity index (χ2n) is 6.48. The smallest absolute Gasteiger partial charge is 0.360 e. The van der Waals surface area contributed by atoms with E-state index in [2.05, 4.69) is 15.2 Å². The minimum atomic E-state index is -1.16. The molecule has 0 amide bonds. The fraction of sp³-hybridized carbons (Fsp3) is 0.250. The summed E-state index contributed by atoms with van der Waals surface area (Å²) in [6, 6.07) is 6.45. The Hall–Kier alpha value is -3.75. The molecule has 150 valence electrons. The Morgan fingerprint density at radius 3 is 2.38 bits per heavy atom. The quantitative estimate of drug-likeness (QED) is 0.498. The number of Topliss-reactive ketones (excluding diaryl/α,β-unsaturated/α-hetero) is 1. The van der Waals surface area contributed by atoms with Gasteiger partial charge in [0.05, 0.1) is 23.8 Å². The molecule has 0 bridgehead atoms. The molecule has 0 saturated heterocycles. The van der Waals surface area contributed by atoms with E-state index in [1.807, 2.05) is 0 Å². The second-order valence-corrected chi connectivity index (χ2v) is 6.48. The van der Waals surface area contributed by atoms with E-state index in [1.165, 1.54) is 14.0 Å². The van der Waals surface area contributed by atoms with Crippen molar-refractivity contribution >= 4 is 28.5 Å². The number of aromatic nitrogens is 3. The van der Waals surface area contributed by atoms with Crippen molar-refractivity contribution in [3.8, 4) is 0 Å². The van der Waals surface area contributed by atoms with Crippen molar-refractivity contribution in [2.24, 2.45) is 0 Å². The molecule has 0 radical (unpaired) electrons. The fourth-order valence-corrected chi connectivity index (χ4v) is 3.15. The molecule has 0 saturated carbocycles. The lowest BCUT2D eigenvalue weighted by atomic mass is 10.1. The van der Waals surface area contributed by atoms with Crippen molar-refractivity contribution in [1.82, 2.24) is 15.2 Å². The van der Waals surface area contributed by atoms with Gasteiger partial charge in [-0.15, -0.1) is 0 Å². The zero-order valence-electron chi connectivity index (χ0n) is 16.3. The van der Waals surface area contributed by atoms with Crippen LogP contribution in [0.15, 0.2) is 29.1 Å². The van der Waals surface area contributed by atoms with Gasteiger partial charge in [0, 0.05) is 11.1 Å². The van der Waals surface area contributed by atoms with Crippen LogP contribution in [0.3, 0.4) is 0 Å². The van der Waals surface area contributed by atoms with Crippen molar-refractivity contribution in [2.45, 2.75) is 26.9 Å². The second kappa shape index (κ2) is 7.70. The number of rotatable bonds is 5. The van der Waals surface area contributed by atoms with E-state index in [-0.39, 0.29) is 22.3 Å². The van der Waals surface area contributed by atoms with Crippen LogP contribution in [0.1, 0.15) is 49.5 Å². The number of methoxy groups -OCH3 is 1. The molecule has 3 aromatic rings. The Balaban J connectivity index is 1.88. The maximum atomic E-state index is 12.8. The number of aryl methyl sites for hydroxylation is 1. The van der Waals surface area contributed by atoms with Crippen molar-refractivity contribution in [2.75, 3.05) is 7.11 Å². The standard InChI is InChI=1S/C20H19N3O6/c1-9-14(19(26)28-4)10(2)21-15(9)17(24)11(3)29-20(27)16-12-7-5-6-8-13(12)18(25)23-22-16/h5-8,11,21H,1-4H3,(H,23,25). The molecule has 1 aromatic carbocycles. The Labute approximate surface area is 165 Å². The number of benzene rings is 1. The third kappa shape index (κ3) is 3.54. The Bertz CT molecular complexity index is 1190. The van der Waals surface area contributed by atoms with Crippen LogP contribution in [0.5, 0.6) is 0 Å². The van der Waals surface area contributed by atoms with Crippen LogP contribution in [0.2, 0.25) is 0 Å². The van der Waals surface area contributed by atoms with E-state index in [4.69, 9.17) is 9.47 Å². The van der Waals surface area contributed by atoms with Gasteiger partial charge in [0.15, 0.2) is 11.8 Å². The van der Waals surface area contributed by atoms with Gasteiger partial charge in [0.2, 0.25) is 5.78 Å². The number of H-pyrrole nitrogens is 2. The van der Waals surface area contributed by atoms with Crippen LogP contribution < -0.4 is 5.56 Å². The van der Waals surface area contributed by atoms with Gasteiger partial charge in [-0.2, -0.15) is 5.10 Å². The average Bonchev–Trinajstić information content (AvgIpc) is 3.01. The molecule has 0 spiro atoms. The lowest BCUT2D eigenvalue weighted by molar-refractivity contribution is 0.0312. The van der Waals surface area contributed by atoms with E-state index in [9.17, 15) is 19.2 Å². The van der Waals surface area contributed by atoms with Gasteiger partial charge in [-0.3, -0.25) is 9.59 Å². The fourth-order valence-electron chi connectivity index (χ4n) is 3.15. The maximum absolute atomic E-state index is 12.8. The summed E-state index contributed by atoms with van der Waals surface area (Å²) in [4.78, 5) is 52.0. The molecule has 2 aromatic heterocycles. The van der Waals surface area contributed by atoms with Crippen LogP contribution in [0.25, 0.3) is 10.8 Å². The van der Waals surface area contributed by atoms with Crippen molar-refractivity contribution in [3.05, 3.63) is 62.8 Å². The molecule has 0 aliphatic heterocycles. The maximum Gasteiger partial charge on any atom is 0.360 e. The van der Waals surface area contributed by atoms with Gasteiger partial charge < -0.3 is 14.5 Å². The molecule has 0 aliphatic carbocycles. The number of hydrogen-bond donors (Lipinski definition) is 2. The molecule has 29 heavy (non-hydrogen) atoms. The summed E-state index contributed by atoms with van der Waals surface area (Å²) in [5, 5.41) is 6.62. The number of nitrogens with zero attached hydrogens (tertiary/aromatic N) is 1. The molecule has 1 unspecified atom stereocenters. The molecule has 0 aliphatic rings. The SMILES string of the molecule is COC(=O)c1c(C)[nH]c(C(=O)C(C)OC(=O)c2n[nH]c(=O)c3ccccc23)c1C. The predicted octanol–water partition coefficient (Wildman–Crippen LogP) is 2.08. The highest BCUT2D eigenvalue weighted by atomic mass is 16.5. The first kappa shape index (κ1) is 20.0. The molecule has 3 rings (SSSR count). The molecule has 2 N–H and O–H groups in total. The van der Waals surface area contributed by atoms with Crippen LogP contribution in [0, 0.1) is 13.8 Å². The Kier molecular flexibility index (Phi) is 5.31. The summed E-state index contributed by atoms with van der Waals surface area (Å²) in [6.45, 7) is 4.67. The number of hydrogen-bond acceptors (Lipinski definition) is 7. The van der Waals surface area contributed by atoms with Gasteiger partial charge >= 0.3 is 11.9 Å². The first-order chi connectivity index (χ1) is 13.8. The van der Waals surface area contributed by atoms with Crippen LogP contribution >= 0.6 is 0 Å². The van der Waals surface area contributed by atoms with Gasteiger partial charge in [0.1, 0.15) is 0 Å².